The fourth-order valence-corrected chi connectivity index (χ4v) is 1.80. The Kier molecular flexibility index (Phi) is 4.33. The van der Waals surface area contributed by atoms with Crippen molar-refractivity contribution in [2.45, 2.75) is 18.2 Å². The zero-order chi connectivity index (χ0) is 9.52. The zero-order valence-electron chi connectivity index (χ0n) is 7.57. The number of hydrogen-bond acceptors (Lipinski definition) is 2. The summed E-state index contributed by atoms with van der Waals surface area (Å²) in [5.74, 6) is 0. The van der Waals surface area contributed by atoms with E-state index in [4.69, 9.17) is 0 Å². The SMILES string of the molecule is CC/C(=C\C=O)Sc1ccccc1. The maximum absolute atomic E-state index is 10.3. The molecule has 0 amide bonds. The molecule has 0 aliphatic carbocycles. The van der Waals surface area contributed by atoms with Gasteiger partial charge in [0.25, 0.3) is 0 Å². The third-order valence-corrected chi connectivity index (χ3v) is 2.79. The van der Waals surface area contributed by atoms with Crippen LogP contribution in [-0.4, -0.2) is 6.29 Å². The smallest absolute Gasteiger partial charge is 0.143 e. The van der Waals surface area contributed by atoms with Gasteiger partial charge in [0.1, 0.15) is 6.29 Å². The summed E-state index contributed by atoms with van der Waals surface area (Å²) in [7, 11) is 0. The number of benzene rings is 1. The molecule has 0 saturated heterocycles. The molecule has 68 valence electrons. The lowest BCUT2D eigenvalue weighted by Crippen LogP contribution is -1.76. The predicted octanol–water partition coefficient (Wildman–Crippen LogP) is 3.27. The van der Waals surface area contributed by atoms with E-state index < -0.39 is 0 Å². The second-order valence-electron chi connectivity index (χ2n) is 2.54. The Bertz CT molecular complexity index is 290. The first-order chi connectivity index (χ1) is 6.36. The van der Waals surface area contributed by atoms with Crippen LogP contribution in [0.1, 0.15) is 13.3 Å². The Labute approximate surface area is 82.9 Å². The molecular formula is C11H12OS. The fourth-order valence-electron chi connectivity index (χ4n) is 0.940. The maximum Gasteiger partial charge on any atom is 0.143 e. The van der Waals surface area contributed by atoms with E-state index in [1.165, 1.54) is 4.90 Å². The topological polar surface area (TPSA) is 17.1 Å². The van der Waals surface area contributed by atoms with Gasteiger partial charge in [-0.2, -0.15) is 0 Å². The Morgan fingerprint density at radius 3 is 2.62 bits per heavy atom. The van der Waals surface area contributed by atoms with Crippen molar-refractivity contribution >= 4 is 18.0 Å². The number of carbonyl (C=O) groups is 1. The minimum absolute atomic E-state index is 0.842. The first-order valence-corrected chi connectivity index (χ1v) is 5.05. The Morgan fingerprint density at radius 1 is 1.38 bits per heavy atom. The second-order valence-corrected chi connectivity index (χ2v) is 3.74. The standard InChI is InChI=1S/C11H12OS/c1-2-10(8-9-12)13-11-6-4-3-5-7-11/h3-9H,2H2,1H3/b10-8+. The molecule has 0 heterocycles. The molecule has 0 fully saturated rings. The van der Waals surface area contributed by atoms with Crippen molar-refractivity contribution in [2.24, 2.45) is 0 Å². The van der Waals surface area contributed by atoms with E-state index >= 15 is 0 Å². The van der Waals surface area contributed by atoms with E-state index in [2.05, 4.69) is 0 Å². The summed E-state index contributed by atoms with van der Waals surface area (Å²) in [4.78, 5) is 12.6. The van der Waals surface area contributed by atoms with E-state index in [-0.39, 0.29) is 0 Å². The molecule has 2 heteroatoms. The minimum Gasteiger partial charge on any atom is -0.299 e. The van der Waals surface area contributed by atoms with E-state index in [1.807, 2.05) is 37.3 Å². The molecule has 0 saturated carbocycles. The van der Waals surface area contributed by atoms with Crippen molar-refractivity contribution in [3.8, 4) is 0 Å². The highest BCUT2D eigenvalue weighted by molar-refractivity contribution is 8.03. The molecule has 0 spiro atoms. The number of allylic oxidation sites excluding steroid dienone is 2. The zero-order valence-corrected chi connectivity index (χ0v) is 8.38. The molecule has 1 nitrogen and oxygen atoms in total. The van der Waals surface area contributed by atoms with Crippen LogP contribution in [0.4, 0.5) is 0 Å². The molecule has 1 aromatic rings. The molecule has 0 radical (unpaired) electrons. The van der Waals surface area contributed by atoms with Crippen LogP contribution in [0.5, 0.6) is 0 Å². The summed E-state index contributed by atoms with van der Waals surface area (Å²) in [6, 6.07) is 10.1. The van der Waals surface area contributed by atoms with Crippen LogP contribution in [0.25, 0.3) is 0 Å². The average Bonchev–Trinajstić information content (AvgIpc) is 2.19. The van der Waals surface area contributed by atoms with E-state index in [9.17, 15) is 4.79 Å². The molecule has 0 bridgehead atoms. The largest absolute Gasteiger partial charge is 0.299 e. The highest BCUT2D eigenvalue weighted by Gasteiger charge is 1.96. The van der Waals surface area contributed by atoms with Gasteiger partial charge in [0, 0.05) is 4.90 Å². The Hall–Kier alpha value is -1.02. The summed E-state index contributed by atoms with van der Waals surface area (Å²) in [5.41, 5.74) is 0. The van der Waals surface area contributed by atoms with Gasteiger partial charge in [-0.05, 0) is 29.5 Å². The van der Waals surface area contributed by atoms with Crippen molar-refractivity contribution in [1.82, 2.24) is 0 Å². The van der Waals surface area contributed by atoms with Crippen LogP contribution in [0.15, 0.2) is 46.2 Å². The van der Waals surface area contributed by atoms with Gasteiger partial charge in [0.15, 0.2) is 0 Å². The minimum atomic E-state index is 0.842. The third-order valence-electron chi connectivity index (χ3n) is 1.59. The van der Waals surface area contributed by atoms with Crippen LogP contribution < -0.4 is 0 Å². The third kappa shape index (κ3) is 3.47. The molecule has 0 aliphatic rings. The lowest BCUT2D eigenvalue weighted by Gasteiger charge is -2.01. The summed E-state index contributed by atoms with van der Waals surface area (Å²) in [6.45, 7) is 2.05. The number of rotatable bonds is 4. The molecule has 0 aliphatic heterocycles. The lowest BCUT2D eigenvalue weighted by molar-refractivity contribution is -0.104. The van der Waals surface area contributed by atoms with E-state index in [0.29, 0.717) is 0 Å². The summed E-state index contributed by atoms with van der Waals surface area (Å²) >= 11 is 1.64. The second kappa shape index (κ2) is 5.60. The number of hydrogen-bond donors (Lipinski definition) is 0. The summed E-state index contributed by atoms with van der Waals surface area (Å²) < 4.78 is 0. The molecule has 1 aromatic carbocycles. The van der Waals surface area contributed by atoms with Gasteiger partial charge in [-0.1, -0.05) is 36.9 Å². The van der Waals surface area contributed by atoms with E-state index in [1.54, 1.807) is 17.8 Å². The van der Waals surface area contributed by atoms with Gasteiger partial charge in [0.05, 0.1) is 0 Å². The summed E-state index contributed by atoms with van der Waals surface area (Å²) in [6.07, 6.45) is 3.37. The molecule has 1 rings (SSSR count). The van der Waals surface area contributed by atoms with Crippen molar-refractivity contribution in [1.29, 1.82) is 0 Å². The predicted molar refractivity (Wildman–Crippen MR) is 56.7 cm³/mol. The maximum atomic E-state index is 10.3. The van der Waals surface area contributed by atoms with Gasteiger partial charge in [0.2, 0.25) is 0 Å². The molecular weight excluding hydrogens is 180 g/mol. The van der Waals surface area contributed by atoms with Crippen LogP contribution >= 0.6 is 11.8 Å². The quantitative estimate of drug-likeness (QED) is 0.414. The van der Waals surface area contributed by atoms with Crippen molar-refractivity contribution in [3.05, 3.63) is 41.3 Å². The number of aldehydes is 1. The lowest BCUT2D eigenvalue weighted by atomic mass is 10.4. The number of carbonyl (C=O) groups excluding carboxylic acids is 1. The van der Waals surface area contributed by atoms with Gasteiger partial charge in [-0.3, -0.25) is 4.79 Å². The molecule has 13 heavy (non-hydrogen) atoms. The van der Waals surface area contributed by atoms with Crippen LogP contribution in [0, 0.1) is 0 Å². The Morgan fingerprint density at radius 2 is 2.08 bits per heavy atom. The fraction of sp³-hybridized carbons (Fsp3) is 0.182. The summed E-state index contributed by atoms with van der Waals surface area (Å²) in [5, 5.41) is 0. The van der Waals surface area contributed by atoms with E-state index in [0.717, 1.165) is 17.6 Å². The Balaban J connectivity index is 2.67. The van der Waals surface area contributed by atoms with Crippen LogP contribution in [-0.2, 0) is 4.79 Å². The van der Waals surface area contributed by atoms with Gasteiger partial charge in [-0.25, -0.2) is 0 Å². The van der Waals surface area contributed by atoms with Crippen molar-refractivity contribution < 1.29 is 4.79 Å². The van der Waals surface area contributed by atoms with Crippen molar-refractivity contribution in [3.63, 3.8) is 0 Å². The monoisotopic (exact) mass is 192 g/mol. The molecule has 0 unspecified atom stereocenters. The first kappa shape index (κ1) is 10.1. The highest BCUT2D eigenvalue weighted by atomic mass is 32.2. The normalized spacial score (nSPS) is 11.3. The van der Waals surface area contributed by atoms with Gasteiger partial charge < -0.3 is 0 Å². The van der Waals surface area contributed by atoms with Gasteiger partial charge in [-0.15, -0.1) is 0 Å². The van der Waals surface area contributed by atoms with Crippen molar-refractivity contribution in [2.75, 3.05) is 0 Å². The molecule has 0 atom stereocenters. The van der Waals surface area contributed by atoms with Crippen LogP contribution in [0.2, 0.25) is 0 Å². The average molecular weight is 192 g/mol. The molecule has 0 aromatic heterocycles. The first-order valence-electron chi connectivity index (χ1n) is 4.24. The van der Waals surface area contributed by atoms with Gasteiger partial charge >= 0.3 is 0 Å². The number of thioether (sulfide) groups is 1. The highest BCUT2D eigenvalue weighted by Crippen LogP contribution is 2.27. The molecule has 0 N–H and O–H groups in total. The van der Waals surface area contributed by atoms with Crippen LogP contribution in [0.3, 0.4) is 0 Å².